The van der Waals surface area contributed by atoms with Crippen LogP contribution in [0, 0.1) is 37.3 Å². The summed E-state index contributed by atoms with van der Waals surface area (Å²) in [6.45, 7) is 29.2. The van der Waals surface area contributed by atoms with E-state index in [1.165, 1.54) is 101 Å². The molecule has 2 aliphatic rings. The molecule has 2 aliphatic carbocycles. The van der Waals surface area contributed by atoms with E-state index in [1.54, 1.807) is 0 Å². The molecule has 0 bridgehead atoms. The zero-order valence-corrected chi connectivity index (χ0v) is 35.7. The molecule has 0 radical (unpaired) electrons. The Morgan fingerprint density at radius 3 is 1.64 bits per heavy atom. The third-order valence-electron chi connectivity index (χ3n) is 9.86. The summed E-state index contributed by atoms with van der Waals surface area (Å²) in [5.74, 6) is 0.573. The predicted molar refractivity (Wildman–Crippen MR) is 215 cm³/mol. The van der Waals surface area contributed by atoms with Crippen LogP contribution in [0.5, 0.6) is 0 Å². The van der Waals surface area contributed by atoms with Gasteiger partial charge >= 0.3 is 112 Å². The Labute approximate surface area is 320 Å². The first-order valence-electron chi connectivity index (χ1n) is 18.6. The summed E-state index contributed by atoms with van der Waals surface area (Å²) in [6.07, 6.45) is 9.31. The van der Waals surface area contributed by atoms with Gasteiger partial charge < -0.3 is 0 Å². The molecule has 1 unspecified atom stereocenters. The van der Waals surface area contributed by atoms with Crippen LogP contribution >= 0.6 is 0 Å². The molecule has 50 heavy (non-hydrogen) atoms. The molecule has 0 aromatic heterocycles. The molecule has 4 aromatic carbocycles. The van der Waals surface area contributed by atoms with Crippen LogP contribution < -0.4 is 0 Å². The van der Waals surface area contributed by atoms with Gasteiger partial charge in [-0.3, -0.25) is 6.08 Å². The number of aryl methyl sites for hydroxylation is 2. The Bertz CT molecular complexity index is 1730. The Kier molecular flexibility index (Phi) is 12.9. The maximum absolute atomic E-state index is 3.57. The van der Waals surface area contributed by atoms with Crippen LogP contribution in [0.25, 0.3) is 11.1 Å². The monoisotopic (exact) mass is 738 g/mol. The molecule has 1 atom stereocenters. The van der Waals surface area contributed by atoms with Crippen molar-refractivity contribution in [2.24, 2.45) is 11.3 Å². The number of fused-ring (bicyclic) bond motifs is 3. The van der Waals surface area contributed by atoms with Crippen LogP contribution in [0.15, 0.2) is 96.1 Å². The third-order valence-corrected chi connectivity index (χ3v) is 11.3. The van der Waals surface area contributed by atoms with Gasteiger partial charge in [0, 0.05) is 0 Å². The van der Waals surface area contributed by atoms with Gasteiger partial charge in [-0.25, -0.2) is 5.57 Å². The van der Waals surface area contributed by atoms with Crippen molar-refractivity contribution in [3.63, 3.8) is 0 Å². The molecule has 0 spiro atoms. The molecule has 0 aliphatic heterocycles. The van der Waals surface area contributed by atoms with E-state index in [-0.39, 0.29) is 10.8 Å². The van der Waals surface area contributed by atoms with Crippen LogP contribution in [0.4, 0.5) is 0 Å². The van der Waals surface area contributed by atoms with Crippen LogP contribution in [0.1, 0.15) is 134 Å². The Morgan fingerprint density at radius 2 is 1.20 bits per heavy atom. The topological polar surface area (TPSA) is 0 Å². The van der Waals surface area contributed by atoms with Crippen molar-refractivity contribution in [1.29, 1.82) is 0 Å². The summed E-state index contributed by atoms with van der Waals surface area (Å²) in [4.78, 5) is 0. The molecule has 0 heterocycles. The molecule has 1 heteroatoms. The van der Waals surface area contributed by atoms with Gasteiger partial charge in [0.1, 0.15) is 0 Å². The van der Waals surface area contributed by atoms with Gasteiger partial charge in [0.25, 0.3) is 0 Å². The number of benzene rings is 4. The minimum absolute atomic E-state index is 0.177. The van der Waals surface area contributed by atoms with Gasteiger partial charge in [-0.05, 0) is 17.4 Å². The van der Waals surface area contributed by atoms with Crippen molar-refractivity contribution in [1.82, 2.24) is 0 Å². The Balaban J connectivity index is 0.000000174. The number of hydrogen-bond acceptors (Lipinski definition) is 0. The molecule has 0 N–H and O–H groups in total. The predicted octanol–water partition coefficient (Wildman–Crippen LogP) is 13.2. The Hall–Kier alpha value is -2.89. The first kappa shape index (κ1) is 39.9. The second-order valence-electron chi connectivity index (χ2n) is 17.3. The van der Waals surface area contributed by atoms with Crippen LogP contribution in [-0.4, -0.2) is 3.21 Å². The molecule has 0 saturated carbocycles. The van der Waals surface area contributed by atoms with Crippen LogP contribution in [0.2, 0.25) is 0 Å². The second kappa shape index (κ2) is 16.2. The second-order valence-corrected chi connectivity index (χ2v) is 18.5. The minimum atomic E-state index is 0.177. The summed E-state index contributed by atoms with van der Waals surface area (Å²) in [7, 11) is 0. The first-order valence-corrected chi connectivity index (χ1v) is 19.8. The van der Waals surface area contributed by atoms with Gasteiger partial charge in [0.15, 0.2) is 0 Å². The van der Waals surface area contributed by atoms with E-state index in [0.29, 0.717) is 11.3 Å². The summed E-state index contributed by atoms with van der Waals surface area (Å²) >= 11 is 1.46. The fourth-order valence-corrected chi connectivity index (χ4v) is 7.27. The SMILES string of the molecule is CC(C)(C)c1c[c-]c2c(c1)-c1cc(C(C)(C)C)ccc1C2.CCC1=[C-]C(CC)C=C1C(C)(C)C.Cc1ccc([C](=[Zr+2])c2ccc(C)cc2)cc1. The van der Waals surface area contributed by atoms with E-state index >= 15 is 0 Å². The Morgan fingerprint density at radius 1 is 0.680 bits per heavy atom. The molecule has 4 aromatic rings. The van der Waals surface area contributed by atoms with Gasteiger partial charge in [-0.15, -0.1) is 5.56 Å². The van der Waals surface area contributed by atoms with Crippen LogP contribution in [0.3, 0.4) is 0 Å². The van der Waals surface area contributed by atoms with Gasteiger partial charge in [0.2, 0.25) is 0 Å². The molecule has 0 fully saturated rings. The molecule has 0 saturated heterocycles. The van der Waals surface area contributed by atoms with E-state index in [4.69, 9.17) is 0 Å². The summed E-state index contributed by atoms with van der Waals surface area (Å²) in [6, 6.07) is 32.6. The van der Waals surface area contributed by atoms with Crippen LogP contribution in [-0.2, 0) is 41.5 Å². The number of rotatable bonds is 4. The molecular weight excluding hydrogens is 680 g/mol. The van der Waals surface area contributed by atoms with E-state index in [1.807, 2.05) is 0 Å². The van der Waals surface area contributed by atoms with Crippen molar-refractivity contribution >= 4 is 3.21 Å². The van der Waals surface area contributed by atoms with Crippen molar-refractivity contribution in [2.75, 3.05) is 0 Å². The van der Waals surface area contributed by atoms with E-state index in [9.17, 15) is 0 Å². The fourth-order valence-electron chi connectivity index (χ4n) is 6.45. The first-order chi connectivity index (χ1) is 23.3. The van der Waals surface area contributed by atoms with Gasteiger partial charge in [-0.1, -0.05) is 135 Å². The zero-order valence-electron chi connectivity index (χ0n) is 33.3. The van der Waals surface area contributed by atoms with Crippen molar-refractivity contribution in [3.05, 3.63) is 153 Å². The zero-order chi connectivity index (χ0) is 37.0. The maximum atomic E-state index is 3.57. The summed E-state index contributed by atoms with van der Waals surface area (Å²) in [5.41, 5.74) is 17.3. The van der Waals surface area contributed by atoms with Crippen molar-refractivity contribution in [2.45, 2.75) is 120 Å². The standard InChI is InChI=1S/C21H25.C15H14.C13H21.Zr/c1-20(2,3)16-9-7-14-11-15-8-10-17(21(4,5)6)13-19(15)18(14)12-16;1-12-3-7-14(8-4-12)11-15-9-5-13(2)6-10-15;1-6-10-8-11(7-2)12(9-10)13(3,4)5;/h7,9-10,12-13H,11H2,1-6H3;3-10H,1-2H3;9-10H,6-7H2,1-5H3;/q-1;;-1;+2. The number of hydrogen-bond donors (Lipinski definition) is 0. The van der Waals surface area contributed by atoms with Gasteiger partial charge in [0.05, 0.1) is 0 Å². The number of allylic oxidation sites excluding steroid dienone is 4. The average molecular weight is 740 g/mol. The normalized spacial score (nSPS) is 15.1. The average Bonchev–Trinajstić information content (AvgIpc) is 3.66. The molecule has 260 valence electrons. The molecule has 6 rings (SSSR count). The fraction of sp³-hybridized carbons (Fsp3) is 0.408. The summed E-state index contributed by atoms with van der Waals surface area (Å²) in [5, 5.41) is 0. The summed E-state index contributed by atoms with van der Waals surface area (Å²) < 4.78 is 1.42. The molecular formula is C49H60Zr. The quantitative estimate of drug-likeness (QED) is 0.161. The van der Waals surface area contributed by atoms with E-state index < -0.39 is 0 Å². The van der Waals surface area contributed by atoms with E-state index in [2.05, 4.69) is 187 Å². The van der Waals surface area contributed by atoms with Crippen molar-refractivity contribution < 1.29 is 24.2 Å². The van der Waals surface area contributed by atoms with Gasteiger partial charge in [-0.2, -0.15) is 41.0 Å². The molecule has 0 nitrogen and oxygen atoms in total. The third kappa shape index (κ3) is 10.1. The molecule has 0 amide bonds. The van der Waals surface area contributed by atoms with E-state index in [0.717, 1.165) is 12.8 Å². The van der Waals surface area contributed by atoms with Crippen molar-refractivity contribution in [3.8, 4) is 11.1 Å².